The van der Waals surface area contributed by atoms with Gasteiger partial charge in [-0.1, -0.05) is 30.3 Å². The van der Waals surface area contributed by atoms with E-state index in [2.05, 4.69) is 11.4 Å². The number of ether oxygens (including phenoxy) is 1. The maximum Gasteiger partial charge on any atom is 0.252 e. The number of nitrogens with one attached hydrogen (secondary N) is 1. The number of hydrogen-bond acceptors (Lipinski definition) is 3. The molecule has 25 heavy (non-hydrogen) atoms. The Morgan fingerprint density at radius 1 is 1.12 bits per heavy atom. The molecule has 0 spiro atoms. The topological polar surface area (TPSA) is 58.6 Å². The van der Waals surface area contributed by atoms with Gasteiger partial charge in [-0.2, -0.15) is 0 Å². The predicted octanol–water partition coefficient (Wildman–Crippen LogP) is 2.40. The van der Waals surface area contributed by atoms with Crippen LogP contribution in [0.5, 0.6) is 5.75 Å². The molecule has 3 rings (SSSR count). The molecular formula is C20H22N2O3. The maximum absolute atomic E-state index is 12.7. The van der Waals surface area contributed by atoms with E-state index < -0.39 is 6.04 Å². The number of amides is 2. The van der Waals surface area contributed by atoms with Gasteiger partial charge in [-0.3, -0.25) is 9.59 Å². The number of rotatable bonds is 4. The van der Waals surface area contributed by atoms with Crippen LogP contribution in [0.15, 0.2) is 48.5 Å². The third-order valence-corrected chi connectivity index (χ3v) is 4.49. The van der Waals surface area contributed by atoms with Crippen LogP contribution in [0.4, 0.5) is 0 Å². The molecule has 5 nitrogen and oxygen atoms in total. The summed E-state index contributed by atoms with van der Waals surface area (Å²) in [6.07, 6.45) is 0.846. The van der Waals surface area contributed by atoms with Gasteiger partial charge in [-0.05, 0) is 42.7 Å². The lowest BCUT2D eigenvalue weighted by atomic mass is 9.99. The summed E-state index contributed by atoms with van der Waals surface area (Å²) in [5.41, 5.74) is 2.94. The van der Waals surface area contributed by atoms with Gasteiger partial charge in [0, 0.05) is 18.7 Å². The molecule has 1 aliphatic rings. The number of carbonyl (C=O) groups excluding carboxylic acids is 2. The molecule has 0 radical (unpaired) electrons. The molecule has 0 aromatic heterocycles. The molecule has 0 bridgehead atoms. The van der Waals surface area contributed by atoms with Crippen LogP contribution in [-0.2, 0) is 17.8 Å². The van der Waals surface area contributed by atoms with E-state index in [1.54, 1.807) is 43.2 Å². The molecule has 0 saturated carbocycles. The van der Waals surface area contributed by atoms with Crippen molar-refractivity contribution < 1.29 is 14.3 Å². The highest BCUT2D eigenvalue weighted by Crippen LogP contribution is 2.19. The number of benzene rings is 2. The summed E-state index contributed by atoms with van der Waals surface area (Å²) in [4.78, 5) is 26.9. The first-order valence-electron chi connectivity index (χ1n) is 8.39. The number of methoxy groups -OCH3 is 1. The van der Waals surface area contributed by atoms with Gasteiger partial charge in [0.2, 0.25) is 5.91 Å². The fraction of sp³-hybridized carbons (Fsp3) is 0.300. The van der Waals surface area contributed by atoms with Crippen molar-refractivity contribution in [3.05, 3.63) is 65.2 Å². The molecule has 0 unspecified atom stereocenters. The van der Waals surface area contributed by atoms with E-state index in [4.69, 9.17) is 4.74 Å². The van der Waals surface area contributed by atoms with Crippen LogP contribution in [0.2, 0.25) is 0 Å². The summed E-state index contributed by atoms with van der Waals surface area (Å²) in [5.74, 6) is 0.266. The summed E-state index contributed by atoms with van der Waals surface area (Å²) in [6, 6.07) is 14.5. The molecule has 1 N–H and O–H groups in total. The van der Waals surface area contributed by atoms with Crippen molar-refractivity contribution in [1.29, 1.82) is 0 Å². The Balaban J connectivity index is 1.64. The van der Waals surface area contributed by atoms with Crippen molar-refractivity contribution in [2.75, 3.05) is 13.7 Å². The van der Waals surface area contributed by atoms with Crippen LogP contribution in [-0.4, -0.2) is 36.4 Å². The molecule has 0 saturated heterocycles. The number of carbonyl (C=O) groups is 2. The summed E-state index contributed by atoms with van der Waals surface area (Å²) >= 11 is 0. The largest absolute Gasteiger partial charge is 0.497 e. The summed E-state index contributed by atoms with van der Waals surface area (Å²) in [7, 11) is 1.55. The Morgan fingerprint density at radius 2 is 1.88 bits per heavy atom. The van der Waals surface area contributed by atoms with Crippen LogP contribution >= 0.6 is 0 Å². The van der Waals surface area contributed by atoms with Gasteiger partial charge in [0.05, 0.1) is 7.11 Å². The second-order valence-electron chi connectivity index (χ2n) is 6.21. The number of nitrogens with zero attached hydrogens (tertiary/aromatic N) is 1. The Morgan fingerprint density at radius 3 is 2.64 bits per heavy atom. The SMILES string of the molecule is COc1cccc(C(=O)N[C@@H](C)C(=O)N2CCc3ccccc3C2)c1. The zero-order valence-corrected chi connectivity index (χ0v) is 14.5. The lowest BCUT2D eigenvalue weighted by Crippen LogP contribution is -2.48. The van der Waals surface area contributed by atoms with Crippen LogP contribution in [0.3, 0.4) is 0 Å². The fourth-order valence-corrected chi connectivity index (χ4v) is 3.06. The Bertz CT molecular complexity index is 788. The van der Waals surface area contributed by atoms with E-state index in [1.165, 1.54) is 11.1 Å². The van der Waals surface area contributed by atoms with Gasteiger partial charge in [-0.15, -0.1) is 0 Å². The van der Waals surface area contributed by atoms with E-state index in [-0.39, 0.29) is 11.8 Å². The molecule has 130 valence electrons. The Hall–Kier alpha value is -2.82. The molecule has 5 heteroatoms. The van der Waals surface area contributed by atoms with E-state index in [0.717, 1.165) is 6.42 Å². The molecule has 2 aromatic rings. The molecule has 0 aliphatic carbocycles. The monoisotopic (exact) mass is 338 g/mol. The van der Waals surface area contributed by atoms with Crippen LogP contribution in [0, 0.1) is 0 Å². The van der Waals surface area contributed by atoms with Crippen LogP contribution in [0.25, 0.3) is 0 Å². The number of hydrogen-bond donors (Lipinski definition) is 1. The number of fused-ring (bicyclic) bond motifs is 1. The normalized spacial score (nSPS) is 14.4. The minimum atomic E-state index is -0.580. The van der Waals surface area contributed by atoms with Crippen molar-refractivity contribution in [1.82, 2.24) is 10.2 Å². The highest BCUT2D eigenvalue weighted by molar-refractivity contribution is 5.97. The van der Waals surface area contributed by atoms with Gasteiger partial charge in [-0.25, -0.2) is 0 Å². The zero-order valence-electron chi connectivity index (χ0n) is 14.5. The second kappa shape index (κ2) is 7.38. The Kier molecular flexibility index (Phi) is 5.03. The standard InChI is InChI=1S/C20H22N2O3/c1-14(21-19(23)16-8-5-9-18(12-16)25-2)20(24)22-11-10-15-6-3-4-7-17(15)13-22/h3-9,12,14H,10-11,13H2,1-2H3,(H,21,23)/t14-/m0/s1. The van der Waals surface area contributed by atoms with Gasteiger partial charge in [0.1, 0.15) is 11.8 Å². The maximum atomic E-state index is 12.7. The van der Waals surface area contributed by atoms with Gasteiger partial charge in [0.25, 0.3) is 5.91 Å². The first kappa shape index (κ1) is 17.0. The van der Waals surface area contributed by atoms with Crippen molar-refractivity contribution in [3.8, 4) is 5.75 Å². The third kappa shape index (κ3) is 3.82. The first-order valence-corrected chi connectivity index (χ1v) is 8.39. The summed E-state index contributed by atoms with van der Waals surface area (Å²) in [5, 5.41) is 2.78. The minimum absolute atomic E-state index is 0.0641. The van der Waals surface area contributed by atoms with E-state index in [9.17, 15) is 9.59 Å². The summed E-state index contributed by atoms with van der Waals surface area (Å²) < 4.78 is 5.13. The molecular weight excluding hydrogens is 316 g/mol. The molecule has 1 aliphatic heterocycles. The lowest BCUT2D eigenvalue weighted by molar-refractivity contribution is -0.133. The second-order valence-corrected chi connectivity index (χ2v) is 6.21. The summed E-state index contributed by atoms with van der Waals surface area (Å²) in [6.45, 7) is 2.99. The Labute approximate surface area is 147 Å². The molecule has 0 fully saturated rings. The minimum Gasteiger partial charge on any atom is -0.497 e. The van der Waals surface area contributed by atoms with Crippen molar-refractivity contribution in [2.24, 2.45) is 0 Å². The van der Waals surface area contributed by atoms with E-state index >= 15 is 0 Å². The van der Waals surface area contributed by atoms with Gasteiger partial charge >= 0.3 is 0 Å². The van der Waals surface area contributed by atoms with Crippen molar-refractivity contribution >= 4 is 11.8 Å². The third-order valence-electron chi connectivity index (χ3n) is 4.49. The quantitative estimate of drug-likeness (QED) is 0.931. The van der Waals surface area contributed by atoms with Crippen molar-refractivity contribution in [2.45, 2.75) is 25.9 Å². The average molecular weight is 338 g/mol. The highest BCUT2D eigenvalue weighted by atomic mass is 16.5. The van der Waals surface area contributed by atoms with Gasteiger partial charge < -0.3 is 15.0 Å². The molecule has 2 amide bonds. The first-order chi connectivity index (χ1) is 12.1. The smallest absolute Gasteiger partial charge is 0.252 e. The average Bonchev–Trinajstić information content (AvgIpc) is 2.66. The molecule has 2 aromatic carbocycles. The highest BCUT2D eigenvalue weighted by Gasteiger charge is 2.25. The van der Waals surface area contributed by atoms with Crippen LogP contribution in [0.1, 0.15) is 28.4 Å². The predicted molar refractivity (Wildman–Crippen MR) is 95.5 cm³/mol. The van der Waals surface area contributed by atoms with E-state index in [1.807, 2.05) is 18.2 Å². The van der Waals surface area contributed by atoms with Crippen molar-refractivity contribution in [3.63, 3.8) is 0 Å². The fourth-order valence-electron chi connectivity index (χ4n) is 3.06. The van der Waals surface area contributed by atoms with E-state index in [0.29, 0.717) is 24.4 Å². The molecule has 1 heterocycles. The lowest BCUT2D eigenvalue weighted by Gasteiger charge is -2.31. The zero-order chi connectivity index (χ0) is 17.8. The van der Waals surface area contributed by atoms with Gasteiger partial charge in [0.15, 0.2) is 0 Å². The van der Waals surface area contributed by atoms with Crippen LogP contribution < -0.4 is 10.1 Å². The molecule has 1 atom stereocenters.